The van der Waals surface area contributed by atoms with E-state index >= 15 is 0 Å². The number of methoxy groups -OCH3 is 2. The minimum absolute atomic E-state index is 0. The molecular weight excluding hydrogens is 1350 g/mol. The van der Waals surface area contributed by atoms with Gasteiger partial charge in [0.15, 0.2) is 0 Å². The van der Waals surface area contributed by atoms with Crippen molar-refractivity contribution < 1.29 is 118 Å². The first-order valence-corrected chi connectivity index (χ1v) is 40.4. The van der Waals surface area contributed by atoms with Crippen molar-refractivity contribution in [2.24, 2.45) is 139 Å². The van der Waals surface area contributed by atoms with Crippen LogP contribution in [0.2, 0.25) is 0 Å². The van der Waals surface area contributed by atoms with Crippen molar-refractivity contribution in [2.45, 2.75) is 313 Å². The molecule has 20 heteroatoms. The van der Waals surface area contributed by atoms with Gasteiger partial charge in [-0.05, 0) is 306 Å². The number of hydrogen-bond acceptors (Lipinski definition) is 17. The maximum atomic E-state index is 12.2. The zero-order chi connectivity index (χ0) is 72.9. The number of carboxylic acids is 1. The fraction of sp³-hybridized carbons (Fsp3) is 0.941. The molecule has 0 aromatic carbocycles. The van der Waals surface area contributed by atoms with E-state index in [9.17, 15) is 34.2 Å². The third-order valence-electron chi connectivity index (χ3n) is 32.6. The van der Waals surface area contributed by atoms with Crippen LogP contribution in [0.15, 0.2) is 0 Å². The van der Waals surface area contributed by atoms with Crippen LogP contribution in [0.25, 0.3) is 6.15 Å². The SMILES string of the molecule is C.C.CO.COC(=O)CC[C@@H](C)C1CCC2C3C(O)CC4CC(OCCO)CCC4(C)C3CCC21C.COC(=O)CC[C@@H](C)C1CCC2C3C(OC(C)=O)CC4CC(OCC=O)CCC4(C)C3CCC21C.C[C@H](CCC(=O)O)C1CCC2C3C(O)CC4CC(OCCO)CCC4(C)C3CCC21C.[NH2-].[Na+].[OH-]. The molecule has 27 unspecified atom stereocenters. The Labute approximate surface area is 657 Å². The van der Waals surface area contributed by atoms with E-state index in [1.54, 1.807) is 6.92 Å². The number of aliphatic hydroxyl groups is 5. The number of carboxylic acid groups (broad SMARTS) is 1. The summed E-state index contributed by atoms with van der Waals surface area (Å²) in [5.74, 6) is 8.36. The maximum Gasteiger partial charge on any atom is 1.00 e. The first kappa shape index (κ1) is 95.5. The number of esters is 3. The molecule has 0 aliphatic heterocycles. The van der Waals surface area contributed by atoms with Crippen LogP contribution >= 0.6 is 0 Å². The molecule has 606 valence electrons. The van der Waals surface area contributed by atoms with Gasteiger partial charge in [0.05, 0.1) is 71.2 Å². The van der Waals surface area contributed by atoms with Gasteiger partial charge in [0.2, 0.25) is 0 Å². The van der Waals surface area contributed by atoms with Crippen molar-refractivity contribution in [1.29, 1.82) is 0 Å². The average molecular weight is 1500 g/mol. The molecule has 12 saturated carbocycles. The molecule has 0 amide bonds. The van der Waals surface area contributed by atoms with Crippen LogP contribution in [0.3, 0.4) is 0 Å². The zero-order valence-corrected chi connectivity index (χ0v) is 68.4. The monoisotopic (exact) mass is 1500 g/mol. The molecule has 12 fully saturated rings. The molecule has 12 aliphatic rings. The Balaban J connectivity index is 0.000000322. The van der Waals surface area contributed by atoms with Gasteiger partial charge in [0, 0.05) is 39.2 Å². The fourth-order valence-corrected chi connectivity index (χ4v) is 27.7. The summed E-state index contributed by atoms with van der Waals surface area (Å²) in [5.41, 5.74) is 1.57. The van der Waals surface area contributed by atoms with Crippen LogP contribution in [-0.2, 0) is 52.4 Å². The van der Waals surface area contributed by atoms with Gasteiger partial charge in [-0.25, -0.2) is 0 Å². The Hall–Kier alpha value is -1.85. The van der Waals surface area contributed by atoms with Gasteiger partial charge < -0.3 is 75.5 Å². The Kier molecular flexibility index (Phi) is 37.1. The van der Waals surface area contributed by atoms with Crippen molar-refractivity contribution in [2.75, 3.05) is 54.4 Å². The Morgan fingerprint density at radius 1 is 0.467 bits per heavy atom. The second kappa shape index (κ2) is 40.7. The molecule has 12 rings (SSSR count). The summed E-state index contributed by atoms with van der Waals surface area (Å²) in [6, 6.07) is 0. The number of rotatable bonds is 22. The smallest absolute Gasteiger partial charge is 0.870 e. The van der Waals surface area contributed by atoms with Crippen LogP contribution in [0.5, 0.6) is 0 Å². The predicted molar refractivity (Wildman–Crippen MR) is 405 cm³/mol. The predicted octanol–water partition coefficient (Wildman–Crippen LogP) is 12.9. The number of nitrogens with two attached hydrogens (primary N) is 1. The summed E-state index contributed by atoms with van der Waals surface area (Å²) in [4.78, 5) is 57.7. The third-order valence-corrected chi connectivity index (χ3v) is 32.6. The molecule has 0 radical (unpaired) electrons. The molecule has 30 atom stereocenters. The number of hydrogen-bond donors (Lipinski definition) is 6. The van der Waals surface area contributed by atoms with E-state index in [1.807, 2.05) is 0 Å². The Bertz CT molecular complexity index is 2690. The second-order valence-corrected chi connectivity index (χ2v) is 36.6. The molecule has 0 bridgehead atoms. The maximum absolute atomic E-state index is 12.2. The first-order chi connectivity index (χ1) is 47.6. The number of aldehydes is 1. The van der Waals surface area contributed by atoms with Gasteiger partial charge in [-0.3, -0.25) is 19.2 Å². The second-order valence-electron chi connectivity index (χ2n) is 36.6. The molecule has 0 heterocycles. The summed E-state index contributed by atoms with van der Waals surface area (Å²) in [6.45, 7) is 24.6. The van der Waals surface area contributed by atoms with Crippen LogP contribution < -0.4 is 29.6 Å². The van der Waals surface area contributed by atoms with E-state index in [1.165, 1.54) is 104 Å². The van der Waals surface area contributed by atoms with Crippen LogP contribution in [0.4, 0.5) is 0 Å². The molecule has 105 heavy (non-hydrogen) atoms. The van der Waals surface area contributed by atoms with Crippen molar-refractivity contribution in [3.63, 3.8) is 0 Å². The minimum atomic E-state index is -0.685. The zero-order valence-electron chi connectivity index (χ0n) is 66.4. The molecular formula is C85H151NNaO18-. The largest absolute Gasteiger partial charge is 1.00 e. The molecule has 19 nitrogen and oxygen atoms in total. The van der Waals surface area contributed by atoms with E-state index in [2.05, 4.69) is 62.3 Å². The van der Waals surface area contributed by atoms with Crippen molar-refractivity contribution in [3.8, 4) is 0 Å². The Morgan fingerprint density at radius 3 is 1.11 bits per heavy atom. The number of carbonyl (C=O) groups excluding carboxylic acids is 4. The van der Waals surface area contributed by atoms with Gasteiger partial charge in [-0.15, -0.1) is 0 Å². The van der Waals surface area contributed by atoms with Gasteiger partial charge in [-0.1, -0.05) is 77.2 Å². The first-order valence-electron chi connectivity index (χ1n) is 40.4. The number of aliphatic hydroxyl groups excluding tert-OH is 5. The molecule has 0 aromatic heterocycles. The van der Waals surface area contributed by atoms with E-state index in [0.717, 1.165) is 96.9 Å². The van der Waals surface area contributed by atoms with Gasteiger partial charge in [0.25, 0.3) is 0 Å². The van der Waals surface area contributed by atoms with Gasteiger partial charge in [0.1, 0.15) is 19.0 Å². The molecule has 0 saturated heterocycles. The quantitative estimate of drug-likeness (QED) is 0.0254. The van der Waals surface area contributed by atoms with Crippen molar-refractivity contribution in [1.82, 2.24) is 0 Å². The number of ether oxygens (including phenoxy) is 6. The standard InChI is InChI=1S/C29H46O6.C27H46O5.C26H44O5.CH4O.2CH4.H2N.Na.H2O/c1-18(6-9-26(32)33-5)22-7-8-23-27-24(11-13-29(22,23)4)28(3)12-10-21(34-15-14-30)16-20(28)17-25(27)35-19(2)31;1-17(5-8-24(30)31-4)20-6-7-21-25-22(10-12-27(20,21)3)26(2)11-9-19(32-14-13-28)15-18(26)16-23(25)29;1-16(4-7-23(29)30)19-5-6-20-24-21(9-11-26(19,20)3)25(2)10-8-18(31-13-12-27)14-17(25)15-22(24)28;1-2;;;;;/h14,18,20-25,27H,6-13,15-17H2,1-5H3;17-23,25,28-29H,5-16H2,1-4H3;16-22,24,27-28H,4-15H2,1-3H3,(H,29,30);2H,1H3;2*1H4;1H2;;1H2/q;;;;;;-1;+1;/p-1/t18-,20?,21?,22?,23?,24?,25?,27?,28?,29?;17-,18?,19?,20?,21?,22?,23?,25?,26?,27?;16-,17?,18?,19?,20?,21?,22?,24?,25?,26?;;;;;;/m111....../s1. The van der Waals surface area contributed by atoms with Crippen LogP contribution in [0.1, 0.15) is 277 Å². The third kappa shape index (κ3) is 19.7. The molecule has 0 spiro atoms. The van der Waals surface area contributed by atoms with Crippen molar-refractivity contribution in [3.05, 3.63) is 6.15 Å². The summed E-state index contributed by atoms with van der Waals surface area (Å²) in [5, 5.41) is 57.3. The minimum Gasteiger partial charge on any atom is -0.870 e. The normalized spacial score (nSPS) is 42.8. The average Bonchev–Trinajstić information content (AvgIpc) is 1.71. The number of carbonyl (C=O) groups is 5. The Morgan fingerprint density at radius 2 is 0.781 bits per heavy atom. The summed E-state index contributed by atoms with van der Waals surface area (Å²) >= 11 is 0. The number of fused-ring (bicyclic) bond motifs is 15. The van der Waals surface area contributed by atoms with E-state index in [-0.39, 0.29) is 164 Å². The summed E-state index contributed by atoms with van der Waals surface area (Å²) in [7, 11) is 3.95. The van der Waals surface area contributed by atoms with E-state index < -0.39 is 5.97 Å². The van der Waals surface area contributed by atoms with Gasteiger partial charge in [-0.2, -0.15) is 0 Å². The van der Waals surface area contributed by atoms with Crippen LogP contribution in [0, 0.1) is 139 Å². The fourth-order valence-electron chi connectivity index (χ4n) is 27.7. The number of aliphatic carboxylic acids is 1. The topological polar surface area (TPSA) is 326 Å². The summed E-state index contributed by atoms with van der Waals surface area (Å²) < 4.78 is 33.5. The van der Waals surface area contributed by atoms with E-state index in [0.29, 0.717) is 138 Å². The summed E-state index contributed by atoms with van der Waals surface area (Å²) in [6.07, 6.45) is 31.7. The molecule has 9 N–H and O–H groups in total. The van der Waals surface area contributed by atoms with E-state index in [4.69, 9.17) is 48.8 Å². The molecule has 12 aliphatic carbocycles. The van der Waals surface area contributed by atoms with Crippen LogP contribution in [-0.4, -0.2) is 157 Å². The van der Waals surface area contributed by atoms with Crippen molar-refractivity contribution >= 4 is 30.2 Å². The molecule has 0 aromatic rings. The van der Waals surface area contributed by atoms with Gasteiger partial charge >= 0.3 is 53.4 Å².